The van der Waals surface area contributed by atoms with Crippen molar-refractivity contribution in [1.29, 1.82) is 5.26 Å². The molecule has 0 radical (unpaired) electrons. The van der Waals surface area contributed by atoms with Gasteiger partial charge in [-0.2, -0.15) is 5.26 Å². The molecule has 1 spiro atoms. The van der Waals surface area contributed by atoms with Crippen molar-refractivity contribution in [1.82, 2.24) is 20.1 Å². The Bertz CT molecular complexity index is 1890. The average molecular weight is 696 g/mol. The summed E-state index contributed by atoms with van der Waals surface area (Å²) in [6.45, 7) is 0.347. The lowest BCUT2D eigenvalue weighted by Gasteiger charge is -2.35. The van der Waals surface area contributed by atoms with E-state index in [1.165, 1.54) is 24.3 Å². The molecule has 12 nitrogen and oxygen atoms in total. The van der Waals surface area contributed by atoms with Crippen molar-refractivity contribution in [3.05, 3.63) is 58.7 Å². The van der Waals surface area contributed by atoms with Gasteiger partial charge in [-0.05, 0) is 85.7 Å². The van der Waals surface area contributed by atoms with Gasteiger partial charge < -0.3 is 29.6 Å². The number of nitriles is 1. The van der Waals surface area contributed by atoms with Gasteiger partial charge in [-0.25, -0.2) is 4.39 Å². The summed E-state index contributed by atoms with van der Waals surface area (Å²) in [4.78, 5) is 68.5. The number of benzene rings is 1. The van der Waals surface area contributed by atoms with Gasteiger partial charge in [-0.15, -0.1) is 11.3 Å². The second kappa shape index (κ2) is 12.2. The van der Waals surface area contributed by atoms with Gasteiger partial charge in [-0.1, -0.05) is 6.07 Å². The van der Waals surface area contributed by atoms with E-state index in [0.29, 0.717) is 54.5 Å². The zero-order chi connectivity index (χ0) is 34.0. The lowest BCUT2D eigenvalue weighted by Crippen LogP contribution is -2.56. The van der Waals surface area contributed by atoms with Gasteiger partial charge in [0.15, 0.2) is 0 Å². The minimum absolute atomic E-state index is 0.123. The van der Waals surface area contributed by atoms with Crippen LogP contribution >= 0.6 is 18.9 Å². The van der Waals surface area contributed by atoms with Crippen LogP contribution in [0, 0.1) is 17.2 Å². The molecule has 1 aliphatic carbocycles. The third-order valence-electron chi connectivity index (χ3n) is 10.5. The Hall–Kier alpha value is -3.89. The van der Waals surface area contributed by atoms with E-state index in [1.54, 1.807) is 24.4 Å². The molecule has 4 fully saturated rings. The number of ether oxygens (including phenoxy) is 1. The van der Waals surface area contributed by atoms with Crippen molar-refractivity contribution >= 4 is 46.7 Å². The molecule has 3 N–H and O–H groups in total. The van der Waals surface area contributed by atoms with Crippen LogP contribution in [0.15, 0.2) is 42.7 Å². The number of carbonyl (C=O) groups excluding carboxylic acids is 3. The number of likely N-dealkylation sites (tertiary alicyclic amines) is 1. The number of nitrogens with one attached hydrogen (secondary N) is 1. The Labute approximate surface area is 280 Å². The Morgan fingerprint density at radius 2 is 1.98 bits per heavy atom. The van der Waals surface area contributed by atoms with Crippen LogP contribution < -0.4 is 10.1 Å². The number of rotatable bonds is 7. The molecule has 3 aliphatic heterocycles. The first kappa shape index (κ1) is 32.6. The number of halogens is 1. The molecule has 4 aliphatic rings. The van der Waals surface area contributed by atoms with Crippen molar-refractivity contribution in [2.45, 2.75) is 80.4 Å². The van der Waals surface area contributed by atoms with Crippen LogP contribution in [-0.4, -0.2) is 79.6 Å². The molecule has 6 atom stereocenters. The monoisotopic (exact) mass is 695 g/mol. The van der Waals surface area contributed by atoms with Crippen molar-refractivity contribution < 1.29 is 37.9 Å². The predicted molar refractivity (Wildman–Crippen MR) is 173 cm³/mol. The van der Waals surface area contributed by atoms with E-state index in [-0.39, 0.29) is 34.2 Å². The van der Waals surface area contributed by atoms with E-state index in [4.69, 9.17) is 4.74 Å². The summed E-state index contributed by atoms with van der Waals surface area (Å²) < 4.78 is 31.7. The maximum Gasteiger partial charge on any atom is 0.363 e. The topological polar surface area (TPSA) is 173 Å². The number of pyridine rings is 1. The van der Waals surface area contributed by atoms with E-state index < -0.39 is 43.0 Å². The Balaban J connectivity index is 1.09. The Morgan fingerprint density at radius 1 is 1.19 bits per heavy atom. The Kier molecular flexibility index (Phi) is 8.31. The zero-order valence-electron chi connectivity index (χ0n) is 26.1. The van der Waals surface area contributed by atoms with Crippen LogP contribution in [0.5, 0.6) is 5.75 Å². The number of alkyl halides is 1. The van der Waals surface area contributed by atoms with E-state index in [9.17, 15) is 38.4 Å². The summed E-state index contributed by atoms with van der Waals surface area (Å²) in [5.74, 6) is -3.50. The second-order valence-electron chi connectivity index (χ2n) is 13.2. The number of aromatic nitrogens is 1. The number of hydrogen-bond acceptors (Lipinski definition) is 8. The largest absolute Gasteiger partial charge is 0.495 e. The number of amides is 3. The molecular weight excluding hydrogens is 660 g/mol. The number of thiophene rings is 1. The normalized spacial score (nSPS) is 27.0. The molecule has 0 unspecified atom stereocenters. The minimum Gasteiger partial charge on any atom is -0.495 e. The van der Waals surface area contributed by atoms with Gasteiger partial charge in [0.2, 0.25) is 17.7 Å². The SMILES string of the molecule is COc1cncc([C@H]2CN(C(=O)[C@@H]3CC[C@@H]4CCC[C@H](NC(=O)c5cc6cc([C@@H](F)P(=O)(O)O)ccc6s5)C(=O)N43)C3(CC3)[C@@H]2C#N)c1. The van der Waals surface area contributed by atoms with Gasteiger partial charge in [0, 0.05) is 29.4 Å². The number of hydrogen-bond donors (Lipinski definition) is 3. The molecule has 3 aromatic rings. The molecular formula is C33H35FN5O7PS. The number of carbonyl (C=O) groups is 3. The average Bonchev–Trinajstić information content (AvgIpc) is 3.45. The molecule has 0 bridgehead atoms. The molecule has 252 valence electrons. The predicted octanol–water partition coefficient (Wildman–Crippen LogP) is 4.39. The van der Waals surface area contributed by atoms with Gasteiger partial charge in [0.05, 0.1) is 35.7 Å². The molecule has 1 saturated carbocycles. The van der Waals surface area contributed by atoms with Crippen molar-refractivity contribution in [3.8, 4) is 11.8 Å². The molecule has 3 amide bonds. The van der Waals surface area contributed by atoms with Crippen LogP contribution in [0.4, 0.5) is 4.39 Å². The van der Waals surface area contributed by atoms with E-state index in [0.717, 1.165) is 29.7 Å². The van der Waals surface area contributed by atoms with Gasteiger partial charge in [0.1, 0.15) is 17.8 Å². The third kappa shape index (κ3) is 5.56. The number of methoxy groups -OCH3 is 1. The fourth-order valence-electron chi connectivity index (χ4n) is 7.97. The summed E-state index contributed by atoms with van der Waals surface area (Å²) in [6.07, 6.45) is 7.74. The lowest BCUT2D eigenvalue weighted by molar-refractivity contribution is -0.147. The smallest absolute Gasteiger partial charge is 0.363 e. The first-order valence-corrected chi connectivity index (χ1v) is 18.5. The Morgan fingerprint density at radius 3 is 2.69 bits per heavy atom. The summed E-state index contributed by atoms with van der Waals surface area (Å²) in [6, 6.07) is 8.29. The van der Waals surface area contributed by atoms with Crippen molar-refractivity contribution in [2.75, 3.05) is 13.7 Å². The maximum atomic E-state index is 14.4. The molecule has 1 aromatic carbocycles. The van der Waals surface area contributed by atoms with Crippen LogP contribution in [0.25, 0.3) is 10.1 Å². The van der Waals surface area contributed by atoms with Crippen LogP contribution in [0.3, 0.4) is 0 Å². The van der Waals surface area contributed by atoms with E-state index in [2.05, 4.69) is 16.4 Å². The fraction of sp³-hybridized carbons (Fsp3) is 0.485. The molecule has 2 aromatic heterocycles. The van der Waals surface area contributed by atoms with Crippen LogP contribution in [0.1, 0.15) is 77.6 Å². The summed E-state index contributed by atoms with van der Waals surface area (Å²) in [5.41, 5.74) is 0.0762. The molecule has 7 rings (SSSR count). The number of nitrogens with zero attached hydrogens (tertiary/aromatic N) is 4. The standard InChI is InChI=1S/C33H35FN5O7PS/c1-46-22-12-20(15-36-16-22)23-17-38(33(9-10-33)24(23)14-35)32(42)26-7-6-21-3-2-4-25(31(41)39(21)26)37-30(40)28-13-19-11-18(5-8-27(19)48-28)29(34)47(43,44)45/h5,8,11-13,15-16,21,23-26,29H,2-4,6-7,9-10,17H2,1H3,(H,37,40)(H2,43,44,45)/t21-,23+,24+,25-,26-,29-/m0/s1. The zero-order valence-corrected chi connectivity index (χ0v) is 27.8. The van der Waals surface area contributed by atoms with Gasteiger partial charge in [0.25, 0.3) is 5.91 Å². The fourth-order valence-corrected chi connectivity index (χ4v) is 9.46. The van der Waals surface area contributed by atoms with Crippen LogP contribution in [0.2, 0.25) is 0 Å². The highest BCUT2D eigenvalue weighted by molar-refractivity contribution is 7.51. The minimum atomic E-state index is -4.99. The first-order valence-electron chi connectivity index (χ1n) is 16.0. The first-order chi connectivity index (χ1) is 22.9. The van der Waals surface area contributed by atoms with Gasteiger partial charge >= 0.3 is 7.60 Å². The second-order valence-corrected chi connectivity index (χ2v) is 15.9. The molecule has 15 heteroatoms. The summed E-state index contributed by atoms with van der Waals surface area (Å²) in [7, 11) is -3.44. The molecule has 3 saturated heterocycles. The quantitative estimate of drug-likeness (QED) is 0.303. The van der Waals surface area contributed by atoms with Crippen molar-refractivity contribution in [3.63, 3.8) is 0 Å². The van der Waals surface area contributed by atoms with Crippen molar-refractivity contribution in [2.24, 2.45) is 5.92 Å². The van der Waals surface area contributed by atoms with Crippen LogP contribution in [-0.2, 0) is 14.2 Å². The van der Waals surface area contributed by atoms with Gasteiger partial charge in [-0.3, -0.25) is 23.9 Å². The summed E-state index contributed by atoms with van der Waals surface area (Å²) >= 11 is 1.13. The lowest BCUT2D eigenvalue weighted by atomic mass is 9.85. The highest BCUT2D eigenvalue weighted by Gasteiger charge is 2.64. The highest BCUT2D eigenvalue weighted by Crippen LogP contribution is 2.58. The summed E-state index contributed by atoms with van der Waals surface area (Å²) in [5, 5.41) is 13.6. The molecule has 48 heavy (non-hydrogen) atoms. The highest BCUT2D eigenvalue weighted by atomic mass is 32.1. The maximum absolute atomic E-state index is 14.4. The van der Waals surface area contributed by atoms with E-state index >= 15 is 0 Å². The van der Waals surface area contributed by atoms with E-state index in [1.807, 2.05) is 11.0 Å². The third-order valence-corrected chi connectivity index (χ3v) is 12.5. The molecule has 5 heterocycles. The number of fused-ring (bicyclic) bond motifs is 2.